The van der Waals surface area contributed by atoms with Gasteiger partial charge in [0.2, 0.25) is 0 Å². The molecular weight excluding hydrogens is 478 g/mol. The third kappa shape index (κ3) is 5.23. The molecule has 1 aliphatic rings. The van der Waals surface area contributed by atoms with Gasteiger partial charge in [0.05, 0.1) is 15.7 Å². The van der Waals surface area contributed by atoms with Crippen molar-refractivity contribution in [2.75, 3.05) is 36.4 Å². The molecule has 3 aromatic carbocycles. The first kappa shape index (κ1) is 23.3. The fourth-order valence-corrected chi connectivity index (χ4v) is 5.48. The molecule has 1 saturated heterocycles. The summed E-state index contributed by atoms with van der Waals surface area (Å²) in [5, 5.41) is 3.05. The molecule has 6 rings (SSSR count). The Morgan fingerprint density at radius 2 is 1.70 bits per heavy atom. The lowest BCUT2D eigenvalue weighted by Gasteiger charge is -2.35. The van der Waals surface area contributed by atoms with Crippen molar-refractivity contribution in [3.05, 3.63) is 108 Å². The monoisotopic (exact) mass is 505 g/mol. The maximum absolute atomic E-state index is 13.2. The number of amides is 1. The first-order chi connectivity index (χ1) is 18.2. The quantitative estimate of drug-likeness (QED) is 0.310. The van der Waals surface area contributed by atoms with Crippen LogP contribution in [0, 0.1) is 0 Å². The normalized spacial score (nSPS) is 14.1. The zero-order chi connectivity index (χ0) is 25.0. The lowest BCUT2D eigenvalue weighted by Crippen LogP contribution is -2.46. The summed E-state index contributed by atoms with van der Waals surface area (Å²) < 4.78 is 1.11. The number of nitrogens with zero attached hydrogens (tertiary/aromatic N) is 4. The lowest BCUT2D eigenvalue weighted by atomic mass is 9.96. The van der Waals surface area contributed by atoms with Crippen LogP contribution < -0.4 is 10.2 Å². The maximum atomic E-state index is 13.2. The van der Waals surface area contributed by atoms with Crippen molar-refractivity contribution in [1.82, 2.24) is 14.9 Å². The third-order valence-corrected chi connectivity index (χ3v) is 7.59. The average Bonchev–Trinajstić information content (AvgIpc) is 3.42. The van der Waals surface area contributed by atoms with E-state index in [1.54, 1.807) is 11.3 Å². The maximum Gasteiger partial charge on any atom is 0.255 e. The van der Waals surface area contributed by atoms with Crippen molar-refractivity contribution in [2.45, 2.75) is 6.54 Å². The number of anilines is 2. The van der Waals surface area contributed by atoms with Crippen molar-refractivity contribution in [1.29, 1.82) is 0 Å². The molecule has 3 heterocycles. The molecule has 5 aromatic rings. The van der Waals surface area contributed by atoms with Gasteiger partial charge in [0.1, 0.15) is 5.82 Å². The zero-order valence-corrected chi connectivity index (χ0v) is 21.2. The summed E-state index contributed by atoms with van der Waals surface area (Å²) in [6, 6.07) is 28.3. The highest BCUT2D eigenvalue weighted by Crippen LogP contribution is 2.28. The van der Waals surface area contributed by atoms with Crippen LogP contribution in [0.2, 0.25) is 0 Å². The molecule has 1 fully saturated rings. The number of hydrogen-bond acceptors (Lipinski definition) is 6. The van der Waals surface area contributed by atoms with Gasteiger partial charge in [-0.1, -0.05) is 42.5 Å². The Kier molecular flexibility index (Phi) is 6.62. The van der Waals surface area contributed by atoms with Crippen LogP contribution in [-0.2, 0) is 6.54 Å². The average molecular weight is 506 g/mol. The van der Waals surface area contributed by atoms with Gasteiger partial charge in [-0.3, -0.25) is 9.69 Å². The summed E-state index contributed by atoms with van der Waals surface area (Å²) in [5.74, 6) is 0.914. The molecular formula is C30H27N5OS. The van der Waals surface area contributed by atoms with E-state index in [-0.39, 0.29) is 5.91 Å². The van der Waals surface area contributed by atoms with Crippen molar-refractivity contribution in [3.63, 3.8) is 0 Å². The second-order valence-electron chi connectivity index (χ2n) is 9.18. The van der Waals surface area contributed by atoms with E-state index in [4.69, 9.17) is 0 Å². The molecule has 37 heavy (non-hydrogen) atoms. The van der Waals surface area contributed by atoms with E-state index >= 15 is 0 Å². The van der Waals surface area contributed by atoms with E-state index < -0.39 is 0 Å². The van der Waals surface area contributed by atoms with Gasteiger partial charge < -0.3 is 10.2 Å². The Labute approximate surface area is 220 Å². The van der Waals surface area contributed by atoms with Crippen molar-refractivity contribution >= 4 is 39.0 Å². The van der Waals surface area contributed by atoms with Crippen LogP contribution in [0.4, 0.5) is 11.5 Å². The van der Waals surface area contributed by atoms with E-state index in [0.29, 0.717) is 5.56 Å². The van der Waals surface area contributed by atoms with E-state index in [2.05, 4.69) is 61.5 Å². The first-order valence-corrected chi connectivity index (χ1v) is 13.3. The van der Waals surface area contributed by atoms with Crippen LogP contribution in [0.15, 0.2) is 96.6 Å². The summed E-state index contributed by atoms with van der Waals surface area (Å²) in [7, 11) is 0. The summed E-state index contributed by atoms with van der Waals surface area (Å²) in [5.41, 5.74) is 7.59. The van der Waals surface area contributed by atoms with Crippen LogP contribution in [0.5, 0.6) is 0 Å². The molecule has 1 amide bonds. The van der Waals surface area contributed by atoms with E-state index in [1.165, 1.54) is 0 Å². The Bertz CT molecular complexity index is 1510. The van der Waals surface area contributed by atoms with Crippen LogP contribution in [0.25, 0.3) is 21.3 Å². The SMILES string of the molecule is O=C(Nc1ccc2scnc2c1)c1ccc(-c2ccccc2)c(CN2CCN(c3ccccn3)CC2)c1. The molecule has 0 spiro atoms. The largest absolute Gasteiger partial charge is 0.354 e. The predicted octanol–water partition coefficient (Wildman–Crippen LogP) is 5.93. The van der Waals surface area contributed by atoms with Crippen LogP contribution in [-0.4, -0.2) is 47.0 Å². The second-order valence-corrected chi connectivity index (χ2v) is 10.1. The van der Waals surface area contributed by atoms with Gasteiger partial charge in [-0.2, -0.15) is 0 Å². The van der Waals surface area contributed by atoms with Gasteiger partial charge in [0.15, 0.2) is 0 Å². The molecule has 0 radical (unpaired) electrons. The lowest BCUT2D eigenvalue weighted by molar-refractivity contribution is 0.102. The fourth-order valence-electron chi connectivity index (χ4n) is 4.82. The van der Waals surface area contributed by atoms with Gasteiger partial charge in [0, 0.05) is 50.2 Å². The number of carbonyl (C=O) groups excluding carboxylic acids is 1. The second kappa shape index (κ2) is 10.5. The minimum Gasteiger partial charge on any atom is -0.354 e. The summed E-state index contributed by atoms with van der Waals surface area (Å²) in [4.78, 5) is 26.9. The zero-order valence-electron chi connectivity index (χ0n) is 20.4. The number of rotatable bonds is 6. The minimum absolute atomic E-state index is 0.115. The number of aromatic nitrogens is 2. The van der Waals surface area contributed by atoms with E-state index in [1.807, 2.05) is 60.2 Å². The molecule has 0 atom stereocenters. The highest BCUT2D eigenvalue weighted by atomic mass is 32.1. The van der Waals surface area contributed by atoms with Crippen LogP contribution in [0.1, 0.15) is 15.9 Å². The van der Waals surface area contributed by atoms with E-state index in [0.717, 1.165) is 71.1 Å². The van der Waals surface area contributed by atoms with Crippen LogP contribution in [0.3, 0.4) is 0 Å². The number of benzene rings is 3. The van der Waals surface area contributed by atoms with Crippen LogP contribution >= 0.6 is 11.3 Å². The number of carbonyl (C=O) groups is 1. The molecule has 0 saturated carbocycles. The Morgan fingerprint density at radius 3 is 2.51 bits per heavy atom. The molecule has 184 valence electrons. The Balaban J connectivity index is 1.22. The van der Waals surface area contributed by atoms with Crippen molar-refractivity contribution < 1.29 is 4.79 Å². The van der Waals surface area contributed by atoms with Gasteiger partial charge >= 0.3 is 0 Å². The highest BCUT2D eigenvalue weighted by Gasteiger charge is 2.20. The Hall–Kier alpha value is -4.07. The van der Waals surface area contributed by atoms with Gasteiger partial charge in [-0.05, 0) is 59.2 Å². The number of thiazole rings is 1. The minimum atomic E-state index is -0.115. The number of piperazine rings is 1. The number of pyridine rings is 1. The summed E-state index contributed by atoms with van der Waals surface area (Å²) in [6.45, 7) is 4.52. The van der Waals surface area contributed by atoms with Crippen molar-refractivity contribution in [3.8, 4) is 11.1 Å². The highest BCUT2D eigenvalue weighted by molar-refractivity contribution is 7.16. The summed E-state index contributed by atoms with van der Waals surface area (Å²) in [6.07, 6.45) is 1.85. The molecule has 0 aliphatic carbocycles. The predicted molar refractivity (Wildman–Crippen MR) is 151 cm³/mol. The molecule has 7 heteroatoms. The molecule has 0 bridgehead atoms. The molecule has 6 nitrogen and oxygen atoms in total. The molecule has 2 aromatic heterocycles. The number of hydrogen-bond donors (Lipinski definition) is 1. The molecule has 1 aliphatic heterocycles. The Morgan fingerprint density at radius 1 is 0.865 bits per heavy atom. The fraction of sp³-hybridized carbons (Fsp3) is 0.167. The first-order valence-electron chi connectivity index (χ1n) is 12.4. The van der Waals surface area contributed by atoms with Gasteiger partial charge in [0.25, 0.3) is 5.91 Å². The number of nitrogens with one attached hydrogen (secondary N) is 1. The molecule has 0 unspecified atom stereocenters. The number of fused-ring (bicyclic) bond motifs is 1. The molecule has 1 N–H and O–H groups in total. The topological polar surface area (TPSA) is 61.4 Å². The third-order valence-electron chi connectivity index (χ3n) is 6.78. The summed E-state index contributed by atoms with van der Waals surface area (Å²) >= 11 is 1.59. The smallest absolute Gasteiger partial charge is 0.255 e. The van der Waals surface area contributed by atoms with Gasteiger partial charge in [-0.25, -0.2) is 9.97 Å². The van der Waals surface area contributed by atoms with Crippen molar-refractivity contribution in [2.24, 2.45) is 0 Å². The standard InChI is InChI=1S/C30H27N5OS/c36-30(33-25-10-12-28-27(19-25)32-21-37-28)23-9-11-26(22-6-2-1-3-7-22)24(18-23)20-34-14-16-35(17-15-34)29-8-4-5-13-31-29/h1-13,18-19,21H,14-17,20H2,(H,33,36). The van der Waals surface area contributed by atoms with E-state index in [9.17, 15) is 4.79 Å². The van der Waals surface area contributed by atoms with Gasteiger partial charge in [-0.15, -0.1) is 11.3 Å².